The van der Waals surface area contributed by atoms with Crippen molar-refractivity contribution >= 4 is 59.7 Å². The molecule has 36 heavy (non-hydrogen) atoms. The molecule has 0 aliphatic rings. The normalized spacial score (nSPS) is 11.5. The number of hydrogen-bond donors (Lipinski definition) is 0. The molecule has 0 bridgehead atoms. The predicted molar refractivity (Wildman–Crippen MR) is 153 cm³/mol. The van der Waals surface area contributed by atoms with Crippen LogP contribution in [0, 0.1) is 0 Å². The Kier molecular flexibility index (Phi) is 7.30. The lowest BCUT2D eigenvalue weighted by Crippen LogP contribution is -2.22. The Morgan fingerprint density at radius 2 is 1.81 bits per heavy atom. The molecule has 0 aliphatic heterocycles. The van der Waals surface area contributed by atoms with Gasteiger partial charge in [0.15, 0.2) is 0 Å². The van der Waals surface area contributed by atoms with Gasteiger partial charge >= 0.3 is 0 Å². The number of hydrogen-bond acceptors (Lipinski definition) is 4. The fraction of sp³-hybridized carbons (Fsp3) is 0.138. The smallest absolute Gasteiger partial charge is 0.282 e. The molecule has 0 fully saturated rings. The van der Waals surface area contributed by atoms with Crippen LogP contribution in [0.3, 0.4) is 0 Å². The van der Waals surface area contributed by atoms with Gasteiger partial charge in [0.2, 0.25) is 0 Å². The molecule has 5 nitrogen and oxygen atoms in total. The summed E-state index contributed by atoms with van der Waals surface area (Å²) in [6.45, 7) is 2.52. The van der Waals surface area contributed by atoms with E-state index in [-0.39, 0.29) is 5.56 Å². The summed E-state index contributed by atoms with van der Waals surface area (Å²) in [5.41, 5.74) is 2.45. The van der Waals surface area contributed by atoms with Gasteiger partial charge in [-0.3, -0.25) is 4.79 Å². The highest BCUT2D eigenvalue weighted by atomic mass is 79.9. The monoisotopic (exact) mass is 603 g/mol. The van der Waals surface area contributed by atoms with Gasteiger partial charge < -0.3 is 4.74 Å². The van der Waals surface area contributed by atoms with Crippen molar-refractivity contribution in [3.8, 4) is 5.75 Å². The van der Waals surface area contributed by atoms with E-state index in [0.29, 0.717) is 29.8 Å². The molecule has 0 N–H and O–H groups in total. The van der Waals surface area contributed by atoms with E-state index in [4.69, 9.17) is 4.74 Å². The molecule has 1 heterocycles. The van der Waals surface area contributed by atoms with Gasteiger partial charge in [0, 0.05) is 10.9 Å². The van der Waals surface area contributed by atoms with Crippen LogP contribution in [0.5, 0.6) is 5.75 Å². The minimum absolute atomic E-state index is 0.185. The number of nitrogens with zero attached hydrogens (tertiary/aromatic N) is 3. The third-order valence-electron chi connectivity index (χ3n) is 5.89. The molecule has 0 atom stereocenters. The van der Waals surface area contributed by atoms with Crippen LogP contribution in [0.15, 0.2) is 97.7 Å². The van der Waals surface area contributed by atoms with Gasteiger partial charge in [0.1, 0.15) is 18.2 Å². The summed E-state index contributed by atoms with van der Waals surface area (Å²) in [4.78, 5) is 17.9. The van der Waals surface area contributed by atoms with E-state index < -0.39 is 0 Å². The Bertz CT molecular complexity index is 1660. The number of benzene rings is 4. The lowest BCUT2D eigenvalue weighted by Gasteiger charge is -2.11. The lowest BCUT2D eigenvalue weighted by molar-refractivity contribution is 0.305. The topological polar surface area (TPSA) is 56.5 Å². The fourth-order valence-corrected chi connectivity index (χ4v) is 4.98. The summed E-state index contributed by atoms with van der Waals surface area (Å²) < 4.78 is 9.16. The molecule has 0 saturated carbocycles. The summed E-state index contributed by atoms with van der Waals surface area (Å²) in [5.74, 6) is 1.38. The van der Waals surface area contributed by atoms with Crippen molar-refractivity contribution < 1.29 is 4.74 Å². The van der Waals surface area contributed by atoms with Gasteiger partial charge in [-0.1, -0.05) is 65.3 Å². The molecule has 180 valence electrons. The first-order valence-electron chi connectivity index (χ1n) is 11.7. The van der Waals surface area contributed by atoms with Gasteiger partial charge in [-0.25, -0.2) is 4.98 Å². The first kappa shape index (κ1) is 24.4. The summed E-state index contributed by atoms with van der Waals surface area (Å²) in [7, 11) is 0. The van der Waals surface area contributed by atoms with E-state index in [1.807, 2.05) is 48.5 Å². The summed E-state index contributed by atoms with van der Waals surface area (Å²) in [5, 5.41) is 7.42. The van der Waals surface area contributed by atoms with E-state index in [0.717, 1.165) is 32.2 Å². The third-order valence-corrected chi connectivity index (χ3v) is 7.00. The molecular formula is C29H23Br2N3O2. The van der Waals surface area contributed by atoms with Gasteiger partial charge in [0.05, 0.1) is 21.6 Å². The highest BCUT2D eigenvalue weighted by Crippen LogP contribution is 2.28. The van der Waals surface area contributed by atoms with Crippen LogP contribution in [0.25, 0.3) is 21.7 Å². The van der Waals surface area contributed by atoms with Crippen molar-refractivity contribution in [2.24, 2.45) is 5.10 Å². The van der Waals surface area contributed by atoms with Crippen molar-refractivity contribution in [1.29, 1.82) is 0 Å². The van der Waals surface area contributed by atoms with Gasteiger partial charge in [-0.2, -0.15) is 9.78 Å². The lowest BCUT2D eigenvalue weighted by atomic mass is 10.1. The maximum absolute atomic E-state index is 13.2. The quantitative estimate of drug-likeness (QED) is 0.181. The Balaban J connectivity index is 1.40. The minimum atomic E-state index is -0.185. The van der Waals surface area contributed by atoms with Crippen LogP contribution in [0.4, 0.5) is 0 Å². The minimum Gasteiger partial charge on any atom is -0.488 e. The number of fused-ring (bicyclic) bond motifs is 2. The molecule has 0 unspecified atom stereocenters. The van der Waals surface area contributed by atoms with Crippen LogP contribution < -0.4 is 10.3 Å². The number of ether oxygens (including phenoxy) is 1. The molecule has 4 aromatic carbocycles. The Morgan fingerprint density at radius 1 is 0.972 bits per heavy atom. The average Bonchev–Trinajstić information content (AvgIpc) is 2.88. The first-order chi connectivity index (χ1) is 17.5. The summed E-state index contributed by atoms with van der Waals surface area (Å²) >= 11 is 7.06. The zero-order chi connectivity index (χ0) is 25.1. The van der Waals surface area contributed by atoms with Gasteiger partial charge in [-0.15, -0.1) is 0 Å². The zero-order valence-electron chi connectivity index (χ0n) is 19.6. The van der Waals surface area contributed by atoms with Crippen LogP contribution in [0.1, 0.15) is 30.3 Å². The molecule has 0 spiro atoms. The molecule has 0 amide bonds. The maximum atomic E-state index is 13.2. The van der Waals surface area contributed by atoms with Crippen LogP contribution in [-0.4, -0.2) is 15.9 Å². The SMILES string of the molecule is CCCc1nc2ccc(Br)cc2c(=O)n1N=Cc1ccc(OCc2cccc3ccccc23)c(Br)c1. The predicted octanol–water partition coefficient (Wildman–Crippen LogP) is 7.49. The second-order valence-electron chi connectivity index (χ2n) is 8.42. The molecule has 0 saturated heterocycles. The highest BCUT2D eigenvalue weighted by molar-refractivity contribution is 9.10. The fourth-order valence-electron chi connectivity index (χ4n) is 4.11. The van der Waals surface area contributed by atoms with Crippen molar-refractivity contribution in [1.82, 2.24) is 9.66 Å². The second-order valence-corrected chi connectivity index (χ2v) is 10.2. The molecule has 7 heteroatoms. The third kappa shape index (κ3) is 5.13. The van der Waals surface area contributed by atoms with E-state index in [1.54, 1.807) is 12.3 Å². The average molecular weight is 605 g/mol. The highest BCUT2D eigenvalue weighted by Gasteiger charge is 2.11. The van der Waals surface area contributed by atoms with Crippen LogP contribution in [0.2, 0.25) is 0 Å². The van der Waals surface area contributed by atoms with Crippen molar-refractivity contribution in [3.05, 3.63) is 115 Å². The molecule has 1 aromatic heterocycles. The van der Waals surface area contributed by atoms with Crippen molar-refractivity contribution in [3.63, 3.8) is 0 Å². The van der Waals surface area contributed by atoms with Gasteiger partial charge in [0.25, 0.3) is 5.56 Å². The largest absolute Gasteiger partial charge is 0.488 e. The van der Waals surface area contributed by atoms with E-state index >= 15 is 0 Å². The molecule has 0 aliphatic carbocycles. The molecule has 0 radical (unpaired) electrons. The molecule has 5 rings (SSSR count). The maximum Gasteiger partial charge on any atom is 0.282 e. The summed E-state index contributed by atoms with van der Waals surface area (Å²) in [6, 6.07) is 25.8. The Morgan fingerprint density at radius 3 is 2.64 bits per heavy atom. The van der Waals surface area contributed by atoms with Crippen LogP contribution in [-0.2, 0) is 13.0 Å². The Labute approximate surface area is 225 Å². The zero-order valence-corrected chi connectivity index (χ0v) is 22.8. The second kappa shape index (κ2) is 10.8. The van der Waals surface area contributed by atoms with E-state index in [1.165, 1.54) is 15.4 Å². The number of rotatable bonds is 7. The number of aryl methyl sites for hydroxylation is 1. The number of halogens is 2. The van der Waals surface area contributed by atoms with Crippen molar-refractivity contribution in [2.45, 2.75) is 26.4 Å². The number of aromatic nitrogens is 2. The van der Waals surface area contributed by atoms with E-state index in [2.05, 4.69) is 73.1 Å². The Hall–Kier alpha value is -3.29. The first-order valence-corrected chi connectivity index (χ1v) is 13.3. The van der Waals surface area contributed by atoms with Crippen molar-refractivity contribution in [2.75, 3.05) is 0 Å². The van der Waals surface area contributed by atoms with Gasteiger partial charge in [-0.05, 0) is 80.6 Å². The van der Waals surface area contributed by atoms with Crippen LogP contribution >= 0.6 is 31.9 Å². The molecule has 5 aromatic rings. The van der Waals surface area contributed by atoms with E-state index in [9.17, 15) is 4.79 Å². The summed E-state index contributed by atoms with van der Waals surface area (Å²) in [6.07, 6.45) is 3.19. The standard InChI is InChI=1S/C29H23Br2N3O2/c1-2-6-28-33-26-13-12-22(30)16-24(26)29(35)34(28)32-17-19-11-14-27(25(31)15-19)36-18-21-9-5-8-20-7-3-4-10-23(20)21/h3-5,7-17H,2,6,18H2,1H3. The molecular weight excluding hydrogens is 582 g/mol.